The summed E-state index contributed by atoms with van der Waals surface area (Å²) in [6, 6.07) is 0. The summed E-state index contributed by atoms with van der Waals surface area (Å²) < 4.78 is 0. The number of rotatable bonds is 6. The van der Waals surface area contributed by atoms with E-state index >= 15 is 0 Å². The number of aromatic nitrogens is 2. The third-order valence-electron chi connectivity index (χ3n) is 1.82. The Balaban J connectivity index is 2.36. The quantitative estimate of drug-likeness (QED) is 0.433. The Kier molecular flexibility index (Phi) is 4.83. The highest BCUT2D eigenvalue weighted by Crippen LogP contribution is 2.11. The third kappa shape index (κ3) is 4.12. The van der Waals surface area contributed by atoms with Gasteiger partial charge in [-0.05, 0) is 24.9 Å². The van der Waals surface area contributed by atoms with Crippen molar-refractivity contribution >= 4 is 23.8 Å². The minimum absolute atomic E-state index is 0.231. The standard InChI is InChI=1S/C9H13ClN4O/c1-7-5-13-9(10)14-8(7)12-4-2-3-11-6-15/h5-6H,2-4H2,1H3,(H,11,15)(H,12,13,14). The number of hydrogen-bond donors (Lipinski definition) is 2. The summed E-state index contributed by atoms with van der Waals surface area (Å²) in [5.41, 5.74) is 0.947. The molecule has 82 valence electrons. The minimum atomic E-state index is 0.231. The van der Waals surface area contributed by atoms with Crippen LogP contribution in [0.4, 0.5) is 5.82 Å². The largest absolute Gasteiger partial charge is 0.370 e. The fraction of sp³-hybridized carbons (Fsp3) is 0.444. The van der Waals surface area contributed by atoms with Gasteiger partial charge in [-0.2, -0.15) is 0 Å². The molecule has 1 amide bonds. The molecule has 0 spiro atoms. The molecule has 0 aliphatic heterocycles. The Morgan fingerprint density at radius 2 is 2.33 bits per heavy atom. The van der Waals surface area contributed by atoms with Gasteiger partial charge in [0.05, 0.1) is 0 Å². The van der Waals surface area contributed by atoms with E-state index in [0.717, 1.165) is 24.3 Å². The second kappa shape index (κ2) is 6.19. The topological polar surface area (TPSA) is 66.9 Å². The van der Waals surface area contributed by atoms with Crippen molar-refractivity contribution in [2.75, 3.05) is 18.4 Å². The average Bonchev–Trinajstić information content (AvgIpc) is 2.23. The zero-order chi connectivity index (χ0) is 11.1. The van der Waals surface area contributed by atoms with E-state index in [1.807, 2.05) is 6.92 Å². The highest BCUT2D eigenvalue weighted by molar-refractivity contribution is 6.28. The van der Waals surface area contributed by atoms with Crippen LogP contribution >= 0.6 is 11.6 Å². The van der Waals surface area contributed by atoms with Crippen LogP contribution in [0.1, 0.15) is 12.0 Å². The summed E-state index contributed by atoms with van der Waals surface area (Å²) >= 11 is 5.66. The maximum Gasteiger partial charge on any atom is 0.224 e. The summed E-state index contributed by atoms with van der Waals surface area (Å²) in [6.07, 6.45) is 3.19. The third-order valence-corrected chi connectivity index (χ3v) is 2.00. The van der Waals surface area contributed by atoms with Crippen LogP contribution < -0.4 is 10.6 Å². The first-order valence-electron chi connectivity index (χ1n) is 4.64. The van der Waals surface area contributed by atoms with Gasteiger partial charge in [-0.1, -0.05) is 0 Å². The smallest absolute Gasteiger partial charge is 0.224 e. The molecule has 0 aliphatic rings. The van der Waals surface area contributed by atoms with Crippen molar-refractivity contribution < 1.29 is 4.79 Å². The van der Waals surface area contributed by atoms with Gasteiger partial charge in [0, 0.05) is 24.8 Å². The first-order chi connectivity index (χ1) is 7.24. The Hall–Kier alpha value is -1.36. The van der Waals surface area contributed by atoms with Crippen LogP contribution in [0.5, 0.6) is 0 Å². The molecule has 0 saturated heterocycles. The van der Waals surface area contributed by atoms with Gasteiger partial charge in [0.2, 0.25) is 11.7 Å². The predicted octanol–water partition coefficient (Wildman–Crippen LogP) is 0.986. The maximum absolute atomic E-state index is 9.97. The van der Waals surface area contributed by atoms with E-state index in [4.69, 9.17) is 11.6 Å². The van der Waals surface area contributed by atoms with Gasteiger partial charge >= 0.3 is 0 Å². The lowest BCUT2D eigenvalue weighted by Gasteiger charge is -2.07. The van der Waals surface area contributed by atoms with Crippen molar-refractivity contribution in [3.8, 4) is 0 Å². The Morgan fingerprint density at radius 3 is 3.07 bits per heavy atom. The molecule has 0 aromatic carbocycles. The van der Waals surface area contributed by atoms with Gasteiger partial charge in [0.15, 0.2) is 0 Å². The number of nitrogens with zero attached hydrogens (tertiary/aromatic N) is 2. The van der Waals surface area contributed by atoms with Gasteiger partial charge < -0.3 is 10.6 Å². The molecule has 1 aromatic heterocycles. The molecule has 0 aliphatic carbocycles. The highest BCUT2D eigenvalue weighted by Gasteiger charge is 2.00. The van der Waals surface area contributed by atoms with Crippen LogP contribution in [0.3, 0.4) is 0 Å². The van der Waals surface area contributed by atoms with Gasteiger partial charge in [0.25, 0.3) is 0 Å². The lowest BCUT2D eigenvalue weighted by atomic mass is 10.3. The summed E-state index contributed by atoms with van der Waals surface area (Å²) in [7, 11) is 0. The second-order valence-corrected chi connectivity index (χ2v) is 3.36. The van der Waals surface area contributed by atoms with Gasteiger partial charge in [-0.25, -0.2) is 9.97 Å². The number of aryl methyl sites for hydroxylation is 1. The molecule has 0 radical (unpaired) electrons. The maximum atomic E-state index is 9.97. The Labute approximate surface area is 93.3 Å². The first kappa shape index (κ1) is 11.7. The summed E-state index contributed by atoms with van der Waals surface area (Å²) in [6.45, 7) is 3.28. The van der Waals surface area contributed by atoms with Crippen LogP contribution in [0.15, 0.2) is 6.20 Å². The highest BCUT2D eigenvalue weighted by atomic mass is 35.5. The molecule has 0 atom stereocenters. The van der Waals surface area contributed by atoms with Crippen LogP contribution in [0.25, 0.3) is 0 Å². The fourth-order valence-electron chi connectivity index (χ4n) is 1.06. The molecule has 2 N–H and O–H groups in total. The number of nitrogens with one attached hydrogen (secondary N) is 2. The van der Waals surface area contributed by atoms with E-state index < -0.39 is 0 Å². The van der Waals surface area contributed by atoms with Crippen molar-refractivity contribution in [3.05, 3.63) is 17.0 Å². The SMILES string of the molecule is Cc1cnc(Cl)nc1NCCCNC=O. The fourth-order valence-corrected chi connectivity index (χ4v) is 1.19. The Bertz CT molecular complexity index is 332. The second-order valence-electron chi connectivity index (χ2n) is 3.02. The van der Waals surface area contributed by atoms with Crippen LogP contribution in [-0.2, 0) is 4.79 Å². The van der Waals surface area contributed by atoms with Crippen molar-refractivity contribution in [3.63, 3.8) is 0 Å². The molecule has 0 bridgehead atoms. The number of carbonyl (C=O) groups is 1. The summed E-state index contributed by atoms with van der Waals surface area (Å²) in [5.74, 6) is 0.737. The van der Waals surface area contributed by atoms with Gasteiger partial charge in [-0.3, -0.25) is 4.79 Å². The molecular formula is C9H13ClN4O. The predicted molar refractivity (Wildman–Crippen MR) is 59.0 cm³/mol. The van der Waals surface area contributed by atoms with E-state index in [9.17, 15) is 4.79 Å². The number of amides is 1. The van der Waals surface area contributed by atoms with Gasteiger partial charge in [-0.15, -0.1) is 0 Å². The Morgan fingerprint density at radius 1 is 1.53 bits per heavy atom. The number of halogens is 1. The zero-order valence-corrected chi connectivity index (χ0v) is 9.21. The van der Waals surface area contributed by atoms with E-state index in [1.165, 1.54) is 0 Å². The minimum Gasteiger partial charge on any atom is -0.370 e. The van der Waals surface area contributed by atoms with E-state index in [1.54, 1.807) is 6.20 Å². The number of anilines is 1. The van der Waals surface area contributed by atoms with Crippen molar-refractivity contribution in [2.24, 2.45) is 0 Å². The molecule has 5 nitrogen and oxygen atoms in total. The van der Waals surface area contributed by atoms with Crippen LogP contribution in [0.2, 0.25) is 5.28 Å². The van der Waals surface area contributed by atoms with Crippen molar-refractivity contribution in [1.82, 2.24) is 15.3 Å². The number of hydrogen-bond acceptors (Lipinski definition) is 4. The molecule has 1 rings (SSSR count). The lowest BCUT2D eigenvalue weighted by molar-refractivity contribution is -0.109. The van der Waals surface area contributed by atoms with E-state index in [0.29, 0.717) is 13.0 Å². The summed E-state index contributed by atoms with van der Waals surface area (Å²) in [4.78, 5) is 17.9. The van der Waals surface area contributed by atoms with Crippen molar-refractivity contribution in [1.29, 1.82) is 0 Å². The normalized spacial score (nSPS) is 9.73. The van der Waals surface area contributed by atoms with E-state index in [2.05, 4.69) is 20.6 Å². The molecule has 15 heavy (non-hydrogen) atoms. The molecule has 1 aromatic rings. The van der Waals surface area contributed by atoms with E-state index in [-0.39, 0.29) is 5.28 Å². The first-order valence-corrected chi connectivity index (χ1v) is 5.02. The van der Waals surface area contributed by atoms with Gasteiger partial charge in [0.1, 0.15) is 5.82 Å². The molecule has 0 saturated carbocycles. The molecule has 0 unspecified atom stereocenters. The van der Waals surface area contributed by atoms with Crippen LogP contribution in [-0.4, -0.2) is 29.5 Å². The van der Waals surface area contributed by atoms with Crippen LogP contribution in [0, 0.1) is 6.92 Å². The average molecular weight is 229 g/mol. The molecule has 1 heterocycles. The lowest BCUT2D eigenvalue weighted by Crippen LogP contribution is -2.16. The monoisotopic (exact) mass is 228 g/mol. The van der Waals surface area contributed by atoms with Crippen molar-refractivity contribution in [2.45, 2.75) is 13.3 Å². The summed E-state index contributed by atoms with van der Waals surface area (Å²) in [5, 5.41) is 5.93. The number of carbonyl (C=O) groups excluding carboxylic acids is 1. The molecule has 0 fully saturated rings. The zero-order valence-electron chi connectivity index (χ0n) is 8.46. The molecule has 6 heteroatoms. The molecular weight excluding hydrogens is 216 g/mol.